The summed E-state index contributed by atoms with van der Waals surface area (Å²) in [5, 5.41) is 20.3. The van der Waals surface area contributed by atoms with Crippen molar-refractivity contribution in [3.8, 4) is 11.5 Å². The van der Waals surface area contributed by atoms with Crippen molar-refractivity contribution >= 4 is 5.91 Å². The van der Waals surface area contributed by atoms with Crippen LogP contribution in [0.1, 0.15) is 31.0 Å². The van der Waals surface area contributed by atoms with Gasteiger partial charge in [-0.2, -0.15) is 0 Å². The summed E-state index contributed by atoms with van der Waals surface area (Å²) in [4.78, 5) is 11.2. The van der Waals surface area contributed by atoms with Gasteiger partial charge in [-0.25, -0.2) is 5.06 Å². The average Bonchev–Trinajstić information content (AvgIpc) is 2.52. The molecule has 0 aromatic heterocycles. The minimum Gasteiger partial charge on any atom is -0.507 e. The highest BCUT2D eigenvalue weighted by Gasteiger charge is 2.19. The van der Waals surface area contributed by atoms with Gasteiger partial charge in [0.05, 0.1) is 6.04 Å². The minimum absolute atomic E-state index is 0.0293. The molecule has 1 atom stereocenters. The summed E-state index contributed by atoms with van der Waals surface area (Å²) in [5.74, 6) is -0.000663. The molecule has 0 radical (unpaired) electrons. The number of rotatable bonds is 5. The standard InChI is InChI=1S/C17H19NO4/c1-12(18(21)13(2)19)16-9-8-15(10-17(16)20)22-11-14-6-4-3-5-7-14/h3-10,12,20-21H,11H2,1-2H3. The lowest BCUT2D eigenvalue weighted by Crippen LogP contribution is -2.27. The molecular weight excluding hydrogens is 282 g/mol. The molecule has 2 N–H and O–H groups in total. The number of ether oxygens (including phenoxy) is 1. The zero-order valence-electron chi connectivity index (χ0n) is 12.6. The van der Waals surface area contributed by atoms with E-state index in [9.17, 15) is 15.1 Å². The van der Waals surface area contributed by atoms with E-state index in [1.54, 1.807) is 19.1 Å². The summed E-state index contributed by atoms with van der Waals surface area (Å²) in [6, 6.07) is 13.9. The molecule has 0 fully saturated rings. The fraction of sp³-hybridized carbons (Fsp3) is 0.235. The third kappa shape index (κ3) is 3.77. The largest absolute Gasteiger partial charge is 0.507 e. The Labute approximate surface area is 129 Å². The molecule has 0 bridgehead atoms. The average molecular weight is 301 g/mol. The maximum Gasteiger partial charge on any atom is 0.243 e. The zero-order valence-corrected chi connectivity index (χ0v) is 12.6. The molecule has 0 aliphatic rings. The molecule has 1 unspecified atom stereocenters. The van der Waals surface area contributed by atoms with Crippen LogP contribution in [0.4, 0.5) is 0 Å². The van der Waals surface area contributed by atoms with Crippen molar-refractivity contribution in [1.29, 1.82) is 0 Å². The first-order chi connectivity index (χ1) is 10.5. The Balaban J connectivity index is 2.08. The van der Waals surface area contributed by atoms with Crippen molar-refractivity contribution in [2.24, 2.45) is 0 Å². The second-order valence-corrected chi connectivity index (χ2v) is 5.03. The van der Waals surface area contributed by atoms with Crippen LogP contribution < -0.4 is 4.74 Å². The number of hydroxylamine groups is 2. The van der Waals surface area contributed by atoms with Crippen molar-refractivity contribution in [3.05, 3.63) is 59.7 Å². The van der Waals surface area contributed by atoms with E-state index in [2.05, 4.69) is 0 Å². The monoisotopic (exact) mass is 301 g/mol. The Hall–Kier alpha value is -2.53. The lowest BCUT2D eigenvalue weighted by atomic mass is 10.1. The number of phenolic OH excluding ortho intramolecular Hbond substituents is 1. The van der Waals surface area contributed by atoms with Crippen molar-refractivity contribution < 1.29 is 19.8 Å². The SMILES string of the molecule is CC(=O)N(O)C(C)c1ccc(OCc2ccccc2)cc1O. The van der Waals surface area contributed by atoms with Crippen molar-refractivity contribution in [2.75, 3.05) is 0 Å². The quantitative estimate of drug-likeness (QED) is 0.657. The molecule has 2 aromatic rings. The van der Waals surface area contributed by atoms with Crippen molar-refractivity contribution in [3.63, 3.8) is 0 Å². The first-order valence-corrected chi connectivity index (χ1v) is 6.97. The van der Waals surface area contributed by atoms with Gasteiger partial charge in [0.25, 0.3) is 0 Å². The molecule has 22 heavy (non-hydrogen) atoms. The van der Waals surface area contributed by atoms with E-state index < -0.39 is 11.9 Å². The third-order valence-electron chi connectivity index (χ3n) is 3.39. The fourth-order valence-corrected chi connectivity index (χ4v) is 2.11. The van der Waals surface area contributed by atoms with Gasteiger partial charge in [-0.3, -0.25) is 10.0 Å². The molecule has 2 rings (SSSR count). The smallest absolute Gasteiger partial charge is 0.243 e. The van der Waals surface area contributed by atoms with Crippen LogP contribution in [-0.4, -0.2) is 21.3 Å². The number of amides is 1. The summed E-state index contributed by atoms with van der Waals surface area (Å²) >= 11 is 0. The van der Waals surface area contributed by atoms with Crippen LogP contribution in [0.2, 0.25) is 0 Å². The molecule has 0 aliphatic heterocycles. The number of phenols is 1. The molecule has 1 amide bonds. The second kappa shape index (κ2) is 6.95. The van der Waals surface area contributed by atoms with E-state index in [0.717, 1.165) is 5.56 Å². The summed E-state index contributed by atoms with van der Waals surface area (Å²) in [6.07, 6.45) is 0. The van der Waals surface area contributed by atoms with E-state index in [1.807, 2.05) is 30.3 Å². The Morgan fingerprint density at radius 3 is 2.50 bits per heavy atom. The highest BCUT2D eigenvalue weighted by Crippen LogP contribution is 2.31. The molecule has 5 heteroatoms. The topological polar surface area (TPSA) is 70.0 Å². The van der Waals surface area contributed by atoms with Gasteiger partial charge in [-0.1, -0.05) is 30.3 Å². The van der Waals surface area contributed by atoms with Gasteiger partial charge < -0.3 is 9.84 Å². The number of hydrogen-bond donors (Lipinski definition) is 2. The van der Waals surface area contributed by atoms with E-state index in [-0.39, 0.29) is 5.75 Å². The Bertz CT molecular complexity index is 642. The van der Waals surface area contributed by atoms with Crippen LogP contribution in [-0.2, 0) is 11.4 Å². The molecule has 5 nitrogen and oxygen atoms in total. The number of aromatic hydroxyl groups is 1. The number of benzene rings is 2. The Kier molecular flexibility index (Phi) is 5.01. The second-order valence-electron chi connectivity index (χ2n) is 5.03. The lowest BCUT2D eigenvalue weighted by Gasteiger charge is -2.22. The summed E-state index contributed by atoms with van der Waals surface area (Å²) < 4.78 is 5.61. The molecule has 116 valence electrons. The number of carbonyl (C=O) groups is 1. The molecule has 0 saturated carbocycles. The van der Waals surface area contributed by atoms with Gasteiger partial charge in [0.15, 0.2) is 0 Å². The summed E-state index contributed by atoms with van der Waals surface area (Å²) in [5.41, 5.74) is 1.47. The zero-order chi connectivity index (χ0) is 16.1. The number of nitrogens with zero attached hydrogens (tertiary/aromatic N) is 1. The van der Waals surface area contributed by atoms with Gasteiger partial charge in [-0.05, 0) is 24.6 Å². The van der Waals surface area contributed by atoms with Crippen LogP contribution in [0.5, 0.6) is 11.5 Å². The van der Waals surface area contributed by atoms with Gasteiger partial charge in [0, 0.05) is 18.6 Å². The van der Waals surface area contributed by atoms with Gasteiger partial charge in [0.2, 0.25) is 5.91 Å². The highest BCUT2D eigenvalue weighted by atomic mass is 16.5. The van der Waals surface area contributed by atoms with E-state index >= 15 is 0 Å². The predicted octanol–water partition coefficient (Wildman–Crippen LogP) is 3.27. The number of carbonyl (C=O) groups excluding carboxylic acids is 1. The molecule has 0 saturated heterocycles. The van der Waals surface area contributed by atoms with Crippen LogP contribution in [0.25, 0.3) is 0 Å². The molecule has 2 aromatic carbocycles. The Morgan fingerprint density at radius 1 is 1.23 bits per heavy atom. The molecular formula is C17H19NO4. The van der Waals surface area contributed by atoms with Crippen molar-refractivity contribution in [2.45, 2.75) is 26.5 Å². The molecule has 0 aliphatic carbocycles. The predicted molar refractivity (Wildman–Crippen MR) is 81.6 cm³/mol. The van der Waals surface area contributed by atoms with Crippen LogP contribution in [0.15, 0.2) is 48.5 Å². The highest BCUT2D eigenvalue weighted by molar-refractivity contribution is 5.72. The summed E-state index contributed by atoms with van der Waals surface area (Å²) in [7, 11) is 0. The molecule has 0 spiro atoms. The molecule has 0 heterocycles. The Morgan fingerprint density at radius 2 is 1.91 bits per heavy atom. The maximum atomic E-state index is 11.2. The van der Waals surface area contributed by atoms with Crippen LogP contribution in [0, 0.1) is 0 Å². The van der Waals surface area contributed by atoms with E-state index in [4.69, 9.17) is 4.74 Å². The van der Waals surface area contributed by atoms with Gasteiger partial charge >= 0.3 is 0 Å². The van der Waals surface area contributed by atoms with E-state index in [1.165, 1.54) is 13.0 Å². The summed E-state index contributed by atoms with van der Waals surface area (Å²) in [6.45, 7) is 3.28. The maximum absolute atomic E-state index is 11.2. The third-order valence-corrected chi connectivity index (χ3v) is 3.39. The number of hydrogen-bond acceptors (Lipinski definition) is 4. The first-order valence-electron chi connectivity index (χ1n) is 6.97. The lowest BCUT2D eigenvalue weighted by molar-refractivity contribution is -0.172. The van der Waals surface area contributed by atoms with Crippen LogP contribution in [0.3, 0.4) is 0 Å². The normalized spacial score (nSPS) is 11.8. The van der Waals surface area contributed by atoms with E-state index in [0.29, 0.717) is 23.0 Å². The fourth-order valence-electron chi connectivity index (χ4n) is 2.11. The minimum atomic E-state index is -0.638. The van der Waals surface area contributed by atoms with Crippen molar-refractivity contribution in [1.82, 2.24) is 5.06 Å². The van der Waals surface area contributed by atoms with Gasteiger partial charge in [-0.15, -0.1) is 0 Å². The first kappa shape index (κ1) is 15.9. The van der Waals surface area contributed by atoms with Gasteiger partial charge in [0.1, 0.15) is 18.1 Å². The van der Waals surface area contributed by atoms with Crippen LogP contribution >= 0.6 is 0 Å².